The van der Waals surface area contributed by atoms with Crippen molar-refractivity contribution in [2.45, 2.75) is 40.7 Å². The van der Waals surface area contributed by atoms with Gasteiger partial charge in [0.05, 0.1) is 11.0 Å². The highest BCUT2D eigenvalue weighted by atomic mass is 16.6. The summed E-state index contributed by atoms with van der Waals surface area (Å²) >= 11 is 0. The molecular weight excluding hydrogens is 218 g/mol. The average molecular weight is 237 g/mol. The highest BCUT2D eigenvalue weighted by Gasteiger charge is 2.21. The molecule has 0 bridgehead atoms. The highest BCUT2D eigenvalue weighted by Crippen LogP contribution is 2.25. The lowest BCUT2D eigenvalue weighted by Gasteiger charge is -2.28. The van der Waals surface area contributed by atoms with Gasteiger partial charge in [-0.05, 0) is 19.3 Å². The summed E-state index contributed by atoms with van der Waals surface area (Å²) in [7, 11) is 0. The van der Waals surface area contributed by atoms with Crippen molar-refractivity contribution >= 4 is 11.5 Å². The second-order valence-electron chi connectivity index (χ2n) is 5.35. The van der Waals surface area contributed by atoms with E-state index in [-0.39, 0.29) is 22.1 Å². The van der Waals surface area contributed by atoms with Gasteiger partial charge < -0.3 is 5.32 Å². The Morgan fingerprint density at radius 2 is 2.06 bits per heavy atom. The van der Waals surface area contributed by atoms with Crippen molar-refractivity contribution in [3.8, 4) is 0 Å². The van der Waals surface area contributed by atoms with Crippen molar-refractivity contribution in [3.63, 3.8) is 0 Å². The molecule has 0 radical (unpaired) electrons. The summed E-state index contributed by atoms with van der Waals surface area (Å²) in [5.41, 5.74) is 0.744. The standard InChI is InChI=1S/C12H19N3O2/c1-8-7-13-11(6-10(8)15(16)17)14-9(2)12(3,4)5/h6-7,9H,1-5H3,(H,13,14). The van der Waals surface area contributed by atoms with E-state index in [1.807, 2.05) is 6.92 Å². The molecule has 1 N–H and O–H groups in total. The maximum Gasteiger partial charge on any atom is 0.277 e. The first-order chi connectivity index (χ1) is 7.71. The molecule has 0 fully saturated rings. The van der Waals surface area contributed by atoms with Gasteiger partial charge in [-0.3, -0.25) is 10.1 Å². The molecule has 5 heteroatoms. The van der Waals surface area contributed by atoms with Crippen molar-refractivity contribution in [3.05, 3.63) is 27.9 Å². The average Bonchev–Trinajstić information content (AvgIpc) is 2.19. The van der Waals surface area contributed by atoms with E-state index in [0.717, 1.165) is 0 Å². The monoisotopic (exact) mass is 237 g/mol. The fraction of sp³-hybridized carbons (Fsp3) is 0.583. The molecule has 0 saturated carbocycles. The molecule has 17 heavy (non-hydrogen) atoms. The Balaban J connectivity index is 2.94. The quantitative estimate of drug-likeness (QED) is 0.647. The number of pyridine rings is 1. The van der Waals surface area contributed by atoms with E-state index >= 15 is 0 Å². The smallest absolute Gasteiger partial charge is 0.277 e. The fourth-order valence-electron chi connectivity index (χ4n) is 1.23. The number of hydrogen-bond donors (Lipinski definition) is 1. The molecule has 1 rings (SSSR count). The number of nitro groups is 1. The van der Waals surface area contributed by atoms with Gasteiger partial charge in [0.25, 0.3) is 5.69 Å². The van der Waals surface area contributed by atoms with Gasteiger partial charge in [-0.1, -0.05) is 20.8 Å². The van der Waals surface area contributed by atoms with Gasteiger partial charge in [0.2, 0.25) is 0 Å². The zero-order valence-electron chi connectivity index (χ0n) is 10.9. The van der Waals surface area contributed by atoms with Gasteiger partial charge in [-0.25, -0.2) is 4.98 Å². The van der Waals surface area contributed by atoms with Gasteiger partial charge >= 0.3 is 0 Å². The first-order valence-corrected chi connectivity index (χ1v) is 5.59. The van der Waals surface area contributed by atoms with Crippen molar-refractivity contribution in [1.29, 1.82) is 0 Å². The van der Waals surface area contributed by atoms with E-state index in [9.17, 15) is 10.1 Å². The molecule has 0 aliphatic rings. The predicted octanol–water partition coefficient (Wildman–Crippen LogP) is 3.14. The molecule has 5 nitrogen and oxygen atoms in total. The third-order valence-corrected chi connectivity index (χ3v) is 2.93. The van der Waals surface area contributed by atoms with Crippen LogP contribution in [0.15, 0.2) is 12.3 Å². The molecule has 0 spiro atoms. The molecule has 0 amide bonds. The second-order valence-corrected chi connectivity index (χ2v) is 5.35. The van der Waals surface area contributed by atoms with Crippen LogP contribution in [0.5, 0.6) is 0 Å². The van der Waals surface area contributed by atoms with E-state index in [2.05, 4.69) is 31.1 Å². The maximum atomic E-state index is 10.8. The Hall–Kier alpha value is -1.65. The maximum absolute atomic E-state index is 10.8. The van der Waals surface area contributed by atoms with Crippen LogP contribution in [0.25, 0.3) is 0 Å². The van der Waals surface area contributed by atoms with E-state index < -0.39 is 0 Å². The van der Waals surface area contributed by atoms with Crippen LogP contribution in [0.1, 0.15) is 33.3 Å². The first kappa shape index (κ1) is 13.4. The van der Waals surface area contributed by atoms with Gasteiger partial charge in [0.1, 0.15) is 5.82 Å². The van der Waals surface area contributed by atoms with Crippen LogP contribution in [0.4, 0.5) is 11.5 Å². The molecule has 0 aliphatic carbocycles. The summed E-state index contributed by atoms with van der Waals surface area (Å²) in [6, 6.07) is 1.66. The number of anilines is 1. The molecule has 1 heterocycles. The number of nitrogens with zero attached hydrogens (tertiary/aromatic N) is 2. The molecule has 1 aromatic heterocycles. The Morgan fingerprint density at radius 3 is 2.53 bits per heavy atom. The van der Waals surface area contributed by atoms with Gasteiger partial charge in [0.15, 0.2) is 0 Å². The van der Waals surface area contributed by atoms with Gasteiger partial charge in [-0.15, -0.1) is 0 Å². The zero-order valence-corrected chi connectivity index (χ0v) is 10.9. The molecular formula is C12H19N3O2. The van der Waals surface area contributed by atoms with Gasteiger partial charge in [-0.2, -0.15) is 0 Å². The van der Waals surface area contributed by atoms with E-state index in [1.165, 1.54) is 12.3 Å². The number of aryl methyl sites for hydroxylation is 1. The molecule has 0 aliphatic heterocycles. The minimum Gasteiger partial charge on any atom is -0.367 e. The molecule has 0 aromatic carbocycles. The summed E-state index contributed by atoms with van der Waals surface area (Å²) in [6.45, 7) is 10.0. The van der Waals surface area contributed by atoms with Crippen LogP contribution in [0, 0.1) is 22.5 Å². The largest absolute Gasteiger partial charge is 0.367 e. The summed E-state index contributed by atoms with van der Waals surface area (Å²) < 4.78 is 0. The van der Waals surface area contributed by atoms with Crippen molar-refractivity contribution < 1.29 is 4.92 Å². The fourth-order valence-corrected chi connectivity index (χ4v) is 1.23. The van der Waals surface area contributed by atoms with Crippen molar-refractivity contribution in [2.75, 3.05) is 5.32 Å². The Kier molecular flexibility index (Phi) is 3.70. The number of hydrogen-bond acceptors (Lipinski definition) is 4. The van der Waals surface area contributed by atoms with Crippen LogP contribution in [0.2, 0.25) is 0 Å². The first-order valence-electron chi connectivity index (χ1n) is 5.59. The molecule has 94 valence electrons. The third kappa shape index (κ3) is 3.41. The van der Waals surface area contributed by atoms with Crippen LogP contribution < -0.4 is 5.32 Å². The summed E-state index contributed by atoms with van der Waals surface area (Å²) in [6.07, 6.45) is 1.52. The highest BCUT2D eigenvalue weighted by molar-refractivity contribution is 5.49. The lowest BCUT2D eigenvalue weighted by molar-refractivity contribution is -0.385. The van der Waals surface area contributed by atoms with E-state index in [4.69, 9.17) is 0 Å². The minimum atomic E-state index is -0.385. The van der Waals surface area contributed by atoms with E-state index in [0.29, 0.717) is 11.4 Å². The molecule has 1 aromatic rings. The predicted molar refractivity (Wildman–Crippen MR) is 68.2 cm³/mol. The SMILES string of the molecule is Cc1cnc(NC(C)C(C)(C)C)cc1[N+](=O)[O-]. The van der Waals surface area contributed by atoms with Crippen LogP contribution in [0.3, 0.4) is 0 Å². The lowest BCUT2D eigenvalue weighted by Crippen LogP contribution is -2.31. The van der Waals surface area contributed by atoms with Gasteiger partial charge in [0, 0.05) is 17.8 Å². The Labute approximate surface area is 101 Å². The van der Waals surface area contributed by atoms with Crippen molar-refractivity contribution in [1.82, 2.24) is 4.98 Å². The summed E-state index contributed by atoms with van der Waals surface area (Å²) in [4.78, 5) is 14.6. The lowest BCUT2D eigenvalue weighted by atomic mass is 9.88. The summed E-state index contributed by atoms with van der Waals surface area (Å²) in [5.74, 6) is 0.546. The van der Waals surface area contributed by atoms with Crippen LogP contribution in [-0.2, 0) is 0 Å². The normalized spacial score (nSPS) is 13.2. The Bertz CT molecular complexity index is 424. The molecule has 0 saturated heterocycles. The number of aromatic nitrogens is 1. The summed E-state index contributed by atoms with van der Waals surface area (Å²) in [5, 5.41) is 14.0. The second kappa shape index (κ2) is 4.69. The topological polar surface area (TPSA) is 68.1 Å². The third-order valence-electron chi connectivity index (χ3n) is 2.93. The molecule has 1 atom stereocenters. The van der Waals surface area contributed by atoms with Crippen molar-refractivity contribution in [2.24, 2.45) is 5.41 Å². The van der Waals surface area contributed by atoms with E-state index in [1.54, 1.807) is 6.92 Å². The number of nitrogens with one attached hydrogen (secondary N) is 1. The Morgan fingerprint density at radius 1 is 1.47 bits per heavy atom. The van der Waals surface area contributed by atoms with Crippen LogP contribution in [-0.4, -0.2) is 15.9 Å². The zero-order chi connectivity index (χ0) is 13.2. The minimum absolute atomic E-state index is 0.0708. The van der Waals surface area contributed by atoms with Crippen LogP contribution >= 0.6 is 0 Å². The molecule has 1 unspecified atom stereocenters. The number of rotatable bonds is 3.